The van der Waals surface area contributed by atoms with E-state index in [0.717, 1.165) is 18.7 Å². The molecule has 150 valence electrons. The van der Waals surface area contributed by atoms with Crippen LogP contribution in [-0.2, 0) is 0 Å². The molecule has 0 radical (unpaired) electrons. The van der Waals surface area contributed by atoms with Crippen LogP contribution < -0.4 is 15.1 Å². The fraction of sp³-hybridized carbons (Fsp3) is 0.474. The number of carbonyl (C=O) groups is 1. The summed E-state index contributed by atoms with van der Waals surface area (Å²) in [4.78, 5) is 28.0. The van der Waals surface area contributed by atoms with Crippen molar-refractivity contribution in [2.24, 2.45) is 0 Å². The molecule has 0 saturated carbocycles. The SMILES string of the molecule is CN(C)C1CCN(c2c(F)cc3c(=O)c(C(=O)O)cn4c3c2OCC4CF)C1. The van der Waals surface area contributed by atoms with Gasteiger partial charge in [0.05, 0.1) is 16.9 Å². The number of hydrogen-bond acceptors (Lipinski definition) is 5. The van der Waals surface area contributed by atoms with E-state index in [1.807, 2.05) is 19.0 Å². The van der Waals surface area contributed by atoms with Gasteiger partial charge in [-0.3, -0.25) is 4.79 Å². The third kappa shape index (κ3) is 2.72. The molecule has 2 aliphatic rings. The van der Waals surface area contributed by atoms with Crippen LogP contribution in [0.5, 0.6) is 5.75 Å². The van der Waals surface area contributed by atoms with E-state index in [0.29, 0.717) is 13.1 Å². The molecule has 2 unspecified atom stereocenters. The van der Waals surface area contributed by atoms with Crippen LogP contribution in [0.4, 0.5) is 14.5 Å². The van der Waals surface area contributed by atoms with Gasteiger partial charge in [-0.05, 0) is 26.6 Å². The average molecular weight is 393 g/mol. The van der Waals surface area contributed by atoms with Crippen LogP contribution in [0.15, 0.2) is 17.1 Å². The maximum atomic E-state index is 15.1. The second-order valence-corrected chi connectivity index (χ2v) is 7.49. The number of carboxylic acid groups (broad SMARTS) is 1. The zero-order valence-electron chi connectivity index (χ0n) is 15.6. The molecule has 0 bridgehead atoms. The summed E-state index contributed by atoms with van der Waals surface area (Å²) in [6, 6.07) is 0.521. The van der Waals surface area contributed by atoms with Crippen LogP contribution in [0.3, 0.4) is 0 Å². The zero-order chi connectivity index (χ0) is 20.2. The van der Waals surface area contributed by atoms with E-state index >= 15 is 4.39 Å². The zero-order valence-corrected chi connectivity index (χ0v) is 15.6. The summed E-state index contributed by atoms with van der Waals surface area (Å²) < 4.78 is 35.8. The molecule has 7 nitrogen and oxygen atoms in total. The number of aromatic carboxylic acids is 1. The number of ether oxygens (including phenoxy) is 1. The average Bonchev–Trinajstić information content (AvgIpc) is 3.13. The third-order valence-corrected chi connectivity index (χ3v) is 5.63. The van der Waals surface area contributed by atoms with Crippen molar-refractivity contribution < 1.29 is 23.4 Å². The number of pyridine rings is 1. The van der Waals surface area contributed by atoms with Gasteiger partial charge in [0.1, 0.15) is 24.5 Å². The monoisotopic (exact) mass is 393 g/mol. The molecule has 1 aromatic carbocycles. The lowest BCUT2D eigenvalue weighted by atomic mass is 10.1. The number of likely N-dealkylation sites (N-methyl/N-ethyl adjacent to an activating group) is 1. The van der Waals surface area contributed by atoms with Gasteiger partial charge < -0.3 is 24.2 Å². The second-order valence-electron chi connectivity index (χ2n) is 7.49. The van der Waals surface area contributed by atoms with Gasteiger partial charge in [0, 0.05) is 25.3 Å². The molecular formula is C19H21F2N3O4. The van der Waals surface area contributed by atoms with Crippen molar-refractivity contribution in [3.05, 3.63) is 33.9 Å². The van der Waals surface area contributed by atoms with Crippen LogP contribution in [0.1, 0.15) is 22.8 Å². The Kier molecular flexibility index (Phi) is 4.49. The highest BCUT2D eigenvalue weighted by atomic mass is 19.1. The first-order valence-electron chi connectivity index (χ1n) is 9.08. The molecule has 2 aromatic rings. The Morgan fingerprint density at radius 2 is 2.18 bits per heavy atom. The Morgan fingerprint density at radius 1 is 1.43 bits per heavy atom. The molecule has 28 heavy (non-hydrogen) atoms. The molecular weight excluding hydrogens is 372 g/mol. The summed E-state index contributed by atoms with van der Waals surface area (Å²) in [5.74, 6) is -1.90. The van der Waals surface area contributed by atoms with Crippen molar-refractivity contribution in [1.29, 1.82) is 0 Å². The topological polar surface area (TPSA) is 75.0 Å². The third-order valence-electron chi connectivity index (χ3n) is 5.63. The summed E-state index contributed by atoms with van der Waals surface area (Å²) in [6.07, 6.45) is 1.99. The lowest BCUT2D eigenvalue weighted by Gasteiger charge is -2.31. The maximum Gasteiger partial charge on any atom is 0.341 e. The van der Waals surface area contributed by atoms with Crippen molar-refractivity contribution in [1.82, 2.24) is 9.47 Å². The van der Waals surface area contributed by atoms with Crippen LogP contribution in [0.2, 0.25) is 0 Å². The van der Waals surface area contributed by atoms with Crippen molar-refractivity contribution in [3.8, 4) is 5.75 Å². The minimum absolute atomic E-state index is 0.0675. The highest BCUT2D eigenvalue weighted by Gasteiger charge is 2.34. The Bertz CT molecular complexity index is 1020. The first kappa shape index (κ1) is 18.7. The van der Waals surface area contributed by atoms with Gasteiger partial charge in [-0.25, -0.2) is 13.6 Å². The molecule has 2 atom stereocenters. The number of nitrogens with zero attached hydrogens (tertiary/aromatic N) is 3. The smallest absolute Gasteiger partial charge is 0.341 e. The molecule has 4 rings (SSSR count). The maximum absolute atomic E-state index is 15.1. The van der Waals surface area contributed by atoms with Gasteiger partial charge in [-0.1, -0.05) is 0 Å². The van der Waals surface area contributed by atoms with Gasteiger partial charge in [0.25, 0.3) is 0 Å². The van der Waals surface area contributed by atoms with Crippen LogP contribution in [-0.4, -0.2) is 67.1 Å². The Balaban J connectivity index is 1.97. The van der Waals surface area contributed by atoms with Crippen molar-refractivity contribution in [2.45, 2.75) is 18.5 Å². The quantitative estimate of drug-likeness (QED) is 0.855. The number of anilines is 1. The van der Waals surface area contributed by atoms with Gasteiger partial charge in [-0.15, -0.1) is 0 Å². The van der Waals surface area contributed by atoms with Gasteiger partial charge in [-0.2, -0.15) is 0 Å². The standard InChI is InChI=1S/C19H21F2N3O4/c1-22(2)10-3-4-23(7-10)16-14(21)5-12-15-18(16)28-9-11(6-20)24(15)8-13(17(12)25)19(26)27/h5,8,10-11H,3-4,6-7,9H2,1-2H3,(H,26,27). The van der Waals surface area contributed by atoms with Crippen LogP contribution in [0, 0.1) is 5.82 Å². The first-order valence-corrected chi connectivity index (χ1v) is 9.08. The number of carboxylic acids is 1. The van der Waals surface area contributed by atoms with Crippen molar-refractivity contribution in [3.63, 3.8) is 0 Å². The number of aromatic nitrogens is 1. The minimum Gasteiger partial charge on any atom is -0.487 e. The largest absolute Gasteiger partial charge is 0.487 e. The van der Waals surface area contributed by atoms with Gasteiger partial charge in [0.15, 0.2) is 11.6 Å². The summed E-state index contributed by atoms with van der Waals surface area (Å²) >= 11 is 0. The lowest BCUT2D eigenvalue weighted by Crippen LogP contribution is -2.33. The van der Waals surface area contributed by atoms with E-state index in [9.17, 15) is 19.1 Å². The van der Waals surface area contributed by atoms with E-state index in [4.69, 9.17) is 4.74 Å². The normalized spacial score (nSPS) is 21.4. The molecule has 1 N–H and O–H groups in total. The molecule has 3 heterocycles. The fourth-order valence-electron chi connectivity index (χ4n) is 4.06. The molecule has 9 heteroatoms. The van der Waals surface area contributed by atoms with Gasteiger partial charge >= 0.3 is 5.97 Å². The van der Waals surface area contributed by atoms with E-state index in [-0.39, 0.29) is 35.0 Å². The molecule has 0 amide bonds. The predicted octanol–water partition coefficient (Wildman–Crippen LogP) is 1.88. The number of benzene rings is 1. The molecule has 1 fully saturated rings. The second kappa shape index (κ2) is 6.73. The highest BCUT2D eigenvalue weighted by Crippen LogP contribution is 2.43. The number of rotatable bonds is 4. The lowest BCUT2D eigenvalue weighted by molar-refractivity contribution is 0.0694. The number of halogens is 2. The van der Waals surface area contributed by atoms with E-state index < -0.39 is 35.5 Å². The highest BCUT2D eigenvalue weighted by molar-refractivity contribution is 5.97. The molecule has 1 aromatic heterocycles. The summed E-state index contributed by atoms with van der Waals surface area (Å²) in [5.41, 5.74) is -0.833. The van der Waals surface area contributed by atoms with Gasteiger partial charge in [0.2, 0.25) is 5.43 Å². The molecule has 1 saturated heterocycles. The molecule has 2 aliphatic heterocycles. The predicted molar refractivity (Wildman–Crippen MR) is 99.9 cm³/mol. The van der Waals surface area contributed by atoms with E-state index in [1.165, 1.54) is 4.57 Å². The molecule has 0 spiro atoms. The van der Waals surface area contributed by atoms with Crippen molar-refractivity contribution >= 4 is 22.6 Å². The first-order chi connectivity index (χ1) is 13.3. The molecule has 0 aliphatic carbocycles. The number of alkyl halides is 1. The van der Waals surface area contributed by atoms with Crippen LogP contribution >= 0.6 is 0 Å². The summed E-state index contributed by atoms with van der Waals surface area (Å²) in [5, 5.41) is 9.21. The Labute approximate surface area is 159 Å². The Morgan fingerprint density at radius 3 is 2.79 bits per heavy atom. The van der Waals surface area contributed by atoms with Crippen LogP contribution in [0.25, 0.3) is 10.9 Å². The van der Waals surface area contributed by atoms with Crippen molar-refractivity contribution in [2.75, 3.05) is 45.4 Å². The fourth-order valence-corrected chi connectivity index (χ4v) is 4.06. The summed E-state index contributed by atoms with van der Waals surface area (Å²) in [7, 11) is 3.92. The van der Waals surface area contributed by atoms with E-state index in [2.05, 4.69) is 4.90 Å². The Hall–Kier alpha value is -2.68. The van der Waals surface area contributed by atoms with E-state index in [1.54, 1.807) is 0 Å². The number of hydrogen-bond donors (Lipinski definition) is 1. The summed E-state index contributed by atoms with van der Waals surface area (Å²) in [6.45, 7) is 0.346. The minimum atomic E-state index is -1.43.